The van der Waals surface area contributed by atoms with Gasteiger partial charge >= 0.3 is 0 Å². The number of fused-ring (bicyclic) bond motifs is 1. The van der Waals surface area contributed by atoms with Gasteiger partial charge < -0.3 is 10.4 Å². The molecule has 0 amide bonds. The molecule has 1 aliphatic rings. The second-order valence-corrected chi connectivity index (χ2v) is 3.99. The zero-order chi connectivity index (χ0) is 8.77. The van der Waals surface area contributed by atoms with Crippen molar-refractivity contribution in [2.75, 3.05) is 5.32 Å². The molecule has 0 fully saturated rings. The van der Waals surface area contributed by atoms with Crippen LogP contribution in [0.1, 0.15) is 19.4 Å². The van der Waals surface area contributed by atoms with Crippen molar-refractivity contribution >= 4 is 5.69 Å². The fourth-order valence-corrected chi connectivity index (χ4v) is 1.73. The van der Waals surface area contributed by atoms with E-state index in [-0.39, 0.29) is 5.54 Å². The average molecular weight is 163 g/mol. The average Bonchev–Trinajstić information content (AvgIpc) is 2.25. The molecule has 1 aliphatic heterocycles. The zero-order valence-electron chi connectivity index (χ0n) is 7.39. The van der Waals surface area contributed by atoms with Gasteiger partial charge in [-0.1, -0.05) is 6.07 Å². The minimum absolute atomic E-state index is 0.0845. The monoisotopic (exact) mass is 163 g/mol. The summed E-state index contributed by atoms with van der Waals surface area (Å²) in [6.45, 7) is 4.26. The minimum atomic E-state index is 0.0845. The molecule has 12 heavy (non-hydrogen) atoms. The lowest BCUT2D eigenvalue weighted by molar-refractivity contribution is 0.464. The van der Waals surface area contributed by atoms with Gasteiger partial charge in [0.15, 0.2) is 0 Å². The summed E-state index contributed by atoms with van der Waals surface area (Å²) >= 11 is 0. The van der Waals surface area contributed by atoms with Crippen molar-refractivity contribution in [2.24, 2.45) is 0 Å². The maximum atomic E-state index is 9.52. The smallest absolute Gasteiger partial charge is 0.120 e. The van der Waals surface area contributed by atoms with Crippen molar-refractivity contribution in [1.29, 1.82) is 0 Å². The molecule has 1 heterocycles. The highest BCUT2D eigenvalue weighted by molar-refractivity contribution is 5.63. The van der Waals surface area contributed by atoms with Crippen LogP contribution in [0.2, 0.25) is 0 Å². The van der Waals surface area contributed by atoms with Crippen LogP contribution in [0.25, 0.3) is 0 Å². The third-order valence-electron chi connectivity index (χ3n) is 2.24. The van der Waals surface area contributed by atoms with Crippen LogP contribution in [0, 0.1) is 0 Å². The maximum Gasteiger partial charge on any atom is 0.120 e. The van der Waals surface area contributed by atoms with Crippen LogP contribution in [0.4, 0.5) is 5.69 Å². The van der Waals surface area contributed by atoms with Gasteiger partial charge in [0.1, 0.15) is 5.75 Å². The molecule has 0 spiro atoms. The molecular formula is C10H13NO. The number of nitrogens with one attached hydrogen (secondary N) is 1. The standard InChI is InChI=1S/C10H13NO/c1-10(2)6-7-8(11-10)4-3-5-9(7)12/h3-5,11-12H,6H2,1-2H3. The van der Waals surface area contributed by atoms with Gasteiger partial charge in [-0.25, -0.2) is 0 Å². The molecule has 0 atom stereocenters. The van der Waals surface area contributed by atoms with Gasteiger partial charge in [-0.05, 0) is 26.0 Å². The van der Waals surface area contributed by atoms with E-state index >= 15 is 0 Å². The van der Waals surface area contributed by atoms with E-state index in [1.54, 1.807) is 6.07 Å². The molecule has 0 unspecified atom stereocenters. The molecule has 0 aromatic heterocycles. The van der Waals surface area contributed by atoms with Crippen LogP contribution in [-0.2, 0) is 6.42 Å². The topological polar surface area (TPSA) is 32.3 Å². The molecule has 2 rings (SSSR count). The lowest BCUT2D eigenvalue weighted by Gasteiger charge is -2.17. The lowest BCUT2D eigenvalue weighted by atomic mass is 10.00. The number of hydrogen-bond acceptors (Lipinski definition) is 2. The van der Waals surface area contributed by atoms with Crippen LogP contribution < -0.4 is 5.32 Å². The highest BCUT2D eigenvalue weighted by Gasteiger charge is 2.28. The number of hydrogen-bond donors (Lipinski definition) is 2. The Labute approximate surface area is 72.2 Å². The first-order valence-corrected chi connectivity index (χ1v) is 4.17. The van der Waals surface area contributed by atoms with Gasteiger partial charge in [0, 0.05) is 23.2 Å². The van der Waals surface area contributed by atoms with E-state index in [2.05, 4.69) is 19.2 Å². The van der Waals surface area contributed by atoms with Crippen LogP contribution in [-0.4, -0.2) is 10.6 Å². The predicted octanol–water partition coefficient (Wildman–Crippen LogP) is 2.14. The molecule has 0 saturated heterocycles. The first kappa shape index (κ1) is 7.47. The molecule has 0 aliphatic carbocycles. The molecule has 2 heteroatoms. The number of rotatable bonds is 0. The van der Waals surface area contributed by atoms with Crippen molar-refractivity contribution in [1.82, 2.24) is 0 Å². The van der Waals surface area contributed by atoms with Crippen molar-refractivity contribution < 1.29 is 5.11 Å². The van der Waals surface area contributed by atoms with Gasteiger partial charge in [0.05, 0.1) is 0 Å². The summed E-state index contributed by atoms with van der Waals surface area (Å²) in [5, 5.41) is 12.9. The summed E-state index contributed by atoms with van der Waals surface area (Å²) in [7, 11) is 0. The molecule has 1 aromatic carbocycles. The van der Waals surface area contributed by atoms with E-state index in [4.69, 9.17) is 0 Å². The summed E-state index contributed by atoms with van der Waals surface area (Å²) in [5.74, 6) is 0.408. The van der Waals surface area contributed by atoms with Crippen LogP contribution >= 0.6 is 0 Å². The first-order valence-electron chi connectivity index (χ1n) is 4.17. The highest BCUT2D eigenvalue weighted by Crippen LogP contribution is 2.36. The van der Waals surface area contributed by atoms with Crippen molar-refractivity contribution in [2.45, 2.75) is 25.8 Å². The SMILES string of the molecule is CC1(C)Cc2c(O)cccc2N1. The third-order valence-corrected chi connectivity index (χ3v) is 2.24. The number of aromatic hydroxyl groups is 1. The van der Waals surface area contributed by atoms with E-state index in [1.165, 1.54) is 0 Å². The van der Waals surface area contributed by atoms with Crippen LogP contribution in [0.15, 0.2) is 18.2 Å². The number of anilines is 1. The Morgan fingerprint density at radius 3 is 2.83 bits per heavy atom. The fourth-order valence-electron chi connectivity index (χ4n) is 1.73. The van der Waals surface area contributed by atoms with Gasteiger partial charge in [-0.15, -0.1) is 0 Å². The maximum absolute atomic E-state index is 9.52. The van der Waals surface area contributed by atoms with E-state index in [0.29, 0.717) is 5.75 Å². The third kappa shape index (κ3) is 1.04. The zero-order valence-corrected chi connectivity index (χ0v) is 7.39. The largest absolute Gasteiger partial charge is 0.508 e. The Morgan fingerprint density at radius 1 is 1.42 bits per heavy atom. The molecule has 2 nitrogen and oxygen atoms in total. The Bertz CT molecular complexity index is 318. The first-order chi connectivity index (χ1) is 5.58. The Kier molecular flexibility index (Phi) is 1.34. The lowest BCUT2D eigenvalue weighted by Crippen LogP contribution is -2.27. The van der Waals surface area contributed by atoms with E-state index in [0.717, 1.165) is 17.7 Å². The van der Waals surface area contributed by atoms with Crippen LogP contribution in [0.5, 0.6) is 5.75 Å². The fraction of sp³-hybridized carbons (Fsp3) is 0.400. The molecule has 2 N–H and O–H groups in total. The van der Waals surface area contributed by atoms with E-state index in [9.17, 15) is 5.11 Å². The second kappa shape index (κ2) is 2.16. The van der Waals surface area contributed by atoms with Gasteiger partial charge in [0.25, 0.3) is 0 Å². The normalized spacial score (nSPS) is 18.5. The van der Waals surface area contributed by atoms with E-state index < -0.39 is 0 Å². The summed E-state index contributed by atoms with van der Waals surface area (Å²) in [6, 6.07) is 5.61. The summed E-state index contributed by atoms with van der Waals surface area (Å²) in [4.78, 5) is 0. The van der Waals surface area contributed by atoms with Gasteiger partial charge in [-0.2, -0.15) is 0 Å². The Morgan fingerprint density at radius 2 is 2.17 bits per heavy atom. The molecule has 0 radical (unpaired) electrons. The molecule has 1 aromatic rings. The van der Waals surface area contributed by atoms with Gasteiger partial charge in [-0.3, -0.25) is 0 Å². The highest BCUT2D eigenvalue weighted by atomic mass is 16.3. The second-order valence-electron chi connectivity index (χ2n) is 3.99. The minimum Gasteiger partial charge on any atom is -0.508 e. The quantitative estimate of drug-likeness (QED) is 0.614. The molecule has 0 saturated carbocycles. The number of phenolic OH excluding ortho intramolecular Hbond substituents is 1. The summed E-state index contributed by atoms with van der Waals surface area (Å²) < 4.78 is 0. The molecule has 64 valence electrons. The van der Waals surface area contributed by atoms with Crippen molar-refractivity contribution in [3.63, 3.8) is 0 Å². The predicted molar refractivity (Wildman–Crippen MR) is 49.5 cm³/mol. The molecular weight excluding hydrogens is 150 g/mol. The van der Waals surface area contributed by atoms with Crippen molar-refractivity contribution in [3.05, 3.63) is 23.8 Å². The Balaban J connectivity index is 2.48. The Hall–Kier alpha value is -1.18. The summed E-state index contributed by atoms with van der Waals surface area (Å²) in [5.41, 5.74) is 2.20. The van der Waals surface area contributed by atoms with Crippen LogP contribution in [0.3, 0.4) is 0 Å². The van der Waals surface area contributed by atoms with Gasteiger partial charge in [0.2, 0.25) is 0 Å². The van der Waals surface area contributed by atoms with E-state index in [1.807, 2.05) is 12.1 Å². The number of benzene rings is 1. The summed E-state index contributed by atoms with van der Waals surface area (Å²) in [6.07, 6.45) is 0.898. The van der Waals surface area contributed by atoms with Crippen molar-refractivity contribution in [3.8, 4) is 5.75 Å². The molecule has 0 bridgehead atoms. The number of phenols is 1.